The van der Waals surface area contributed by atoms with Crippen LogP contribution in [0.3, 0.4) is 0 Å². The van der Waals surface area contributed by atoms with Gasteiger partial charge in [0.1, 0.15) is 5.03 Å². The topological polar surface area (TPSA) is 51.8 Å². The molecule has 0 amide bonds. The quantitative estimate of drug-likeness (QED) is 0.841. The summed E-state index contributed by atoms with van der Waals surface area (Å²) in [7, 11) is 0. The minimum absolute atomic E-state index is 0.506. The number of aromatic nitrogens is 2. The molecule has 2 N–H and O–H groups in total. The fraction of sp³-hybridized carbons (Fsp3) is 0.231. The average molecular weight is 245 g/mol. The van der Waals surface area contributed by atoms with Crippen LogP contribution in [0.1, 0.15) is 16.7 Å². The maximum absolute atomic E-state index is 5.67. The van der Waals surface area contributed by atoms with E-state index in [2.05, 4.69) is 41.4 Å². The molecule has 0 saturated carbocycles. The van der Waals surface area contributed by atoms with Gasteiger partial charge in [-0.25, -0.2) is 0 Å². The number of hydrogen-bond acceptors (Lipinski definition) is 4. The van der Waals surface area contributed by atoms with Crippen LogP contribution in [0, 0.1) is 6.92 Å². The summed E-state index contributed by atoms with van der Waals surface area (Å²) in [6, 6.07) is 10.3. The summed E-state index contributed by atoms with van der Waals surface area (Å²) in [5.41, 5.74) is 9.35. The van der Waals surface area contributed by atoms with Crippen molar-refractivity contribution in [3.05, 3.63) is 53.2 Å². The van der Waals surface area contributed by atoms with E-state index < -0.39 is 0 Å². The Hall–Kier alpha value is -1.39. The zero-order chi connectivity index (χ0) is 12.1. The number of nitrogens with two attached hydrogens (primary N) is 1. The molecule has 2 aromatic rings. The molecule has 17 heavy (non-hydrogen) atoms. The van der Waals surface area contributed by atoms with Crippen molar-refractivity contribution in [2.75, 3.05) is 0 Å². The van der Waals surface area contributed by atoms with Gasteiger partial charge in [-0.05, 0) is 24.1 Å². The number of nitrogens with zero attached hydrogens (tertiary/aromatic N) is 2. The highest BCUT2D eigenvalue weighted by molar-refractivity contribution is 7.98. The summed E-state index contributed by atoms with van der Waals surface area (Å²) in [5, 5.41) is 8.96. The predicted octanol–water partition coefficient (Wildman–Crippen LogP) is 2.54. The van der Waals surface area contributed by atoms with E-state index in [0.29, 0.717) is 6.54 Å². The standard InChI is InChI=1S/C13H15N3S/c1-10-4-2-3-5-12(10)9-17-13-11(8-14)6-7-15-16-13/h2-7H,8-9,14H2,1H3. The number of hydrogen-bond donors (Lipinski definition) is 1. The first-order valence-corrected chi connectivity index (χ1v) is 6.47. The average Bonchev–Trinajstić information content (AvgIpc) is 2.38. The lowest BCUT2D eigenvalue weighted by Gasteiger charge is -2.06. The van der Waals surface area contributed by atoms with E-state index in [4.69, 9.17) is 5.73 Å². The third kappa shape index (κ3) is 3.05. The van der Waals surface area contributed by atoms with Crippen molar-refractivity contribution < 1.29 is 0 Å². The molecule has 88 valence electrons. The van der Waals surface area contributed by atoms with Crippen LogP contribution in [0.15, 0.2) is 41.6 Å². The summed E-state index contributed by atoms with van der Waals surface area (Å²) < 4.78 is 0. The van der Waals surface area contributed by atoms with Gasteiger partial charge < -0.3 is 5.73 Å². The highest BCUT2D eigenvalue weighted by Gasteiger charge is 2.05. The van der Waals surface area contributed by atoms with Gasteiger partial charge in [-0.15, -0.1) is 5.10 Å². The van der Waals surface area contributed by atoms with Crippen LogP contribution < -0.4 is 5.73 Å². The lowest BCUT2D eigenvalue weighted by molar-refractivity contribution is 0.866. The van der Waals surface area contributed by atoms with Crippen LogP contribution in [0.2, 0.25) is 0 Å². The van der Waals surface area contributed by atoms with Crippen molar-refractivity contribution in [1.29, 1.82) is 0 Å². The SMILES string of the molecule is Cc1ccccc1CSc1nnccc1CN. The van der Waals surface area contributed by atoms with E-state index in [9.17, 15) is 0 Å². The molecular weight excluding hydrogens is 230 g/mol. The number of rotatable bonds is 4. The second-order valence-corrected chi connectivity index (χ2v) is 4.74. The highest BCUT2D eigenvalue weighted by atomic mass is 32.2. The first-order chi connectivity index (χ1) is 8.31. The second-order valence-electron chi connectivity index (χ2n) is 3.78. The predicted molar refractivity (Wildman–Crippen MR) is 70.7 cm³/mol. The highest BCUT2D eigenvalue weighted by Crippen LogP contribution is 2.24. The van der Waals surface area contributed by atoms with Crippen molar-refractivity contribution in [1.82, 2.24) is 10.2 Å². The van der Waals surface area contributed by atoms with E-state index in [0.717, 1.165) is 16.3 Å². The van der Waals surface area contributed by atoms with Crippen LogP contribution in [-0.2, 0) is 12.3 Å². The van der Waals surface area contributed by atoms with Crippen molar-refractivity contribution in [3.63, 3.8) is 0 Å². The molecule has 0 aliphatic rings. The Balaban J connectivity index is 2.10. The van der Waals surface area contributed by atoms with E-state index in [1.165, 1.54) is 11.1 Å². The Kier molecular flexibility index (Phi) is 4.12. The molecule has 0 unspecified atom stereocenters. The lowest BCUT2D eigenvalue weighted by atomic mass is 10.1. The molecule has 0 aliphatic carbocycles. The summed E-state index contributed by atoms with van der Waals surface area (Å²) in [6.07, 6.45) is 1.68. The van der Waals surface area contributed by atoms with Gasteiger partial charge in [-0.2, -0.15) is 5.10 Å². The Morgan fingerprint density at radius 2 is 2.00 bits per heavy atom. The van der Waals surface area contributed by atoms with Gasteiger partial charge in [0.05, 0.1) is 0 Å². The van der Waals surface area contributed by atoms with Crippen molar-refractivity contribution in [2.24, 2.45) is 5.73 Å². The molecule has 3 nitrogen and oxygen atoms in total. The molecular formula is C13H15N3S. The normalized spacial score (nSPS) is 10.5. The summed E-state index contributed by atoms with van der Waals surface area (Å²) >= 11 is 1.69. The molecule has 2 rings (SSSR count). The minimum Gasteiger partial charge on any atom is -0.326 e. The van der Waals surface area contributed by atoms with Gasteiger partial charge in [-0.3, -0.25) is 0 Å². The molecule has 1 aromatic carbocycles. The summed E-state index contributed by atoms with van der Waals surface area (Å²) in [4.78, 5) is 0. The molecule has 0 atom stereocenters. The molecule has 4 heteroatoms. The van der Waals surface area contributed by atoms with Crippen LogP contribution in [0.4, 0.5) is 0 Å². The van der Waals surface area contributed by atoms with E-state index in [1.807, 2.05) is 6.07 Å². The maximum Gasteiger partial charge on any atom is 0.124 e. The molecule has 1 aromatic heterocycles. The molecule has 0 fully saturated rings. The molecule has 0 aliphatic heterocycles. The Bertz CT molecular complexity index is 500. The Morgan fingerprint density at radius 1 is 1.18 bits per heavy atom. The molecule has 0 radical (unpaired) electrons. The van der Waals surface area contributed by atoms with E-state index >= 15 is 0 Å². The molecule has 0 spiro atoms. The zero-order valence-corrected chi connectivity index (χ0v) is 10.6. The van der Waals surface area contributed by atoms with Gasteiger partial charge in [0.15, 0.2) is 0 Å². The first-order valence-electron chi connectivity index (χ1n) is 5.49. The minimum atomic E-state index is 0.506. The van der Waals surface area contributed by atoms with Gasteiger partial charge in [-0.1, -0.05) is 36.0 Å². The van der Waals surface area contributed by atoms with Gasteiger partial charge >= 0.3 is 0 Å². The van der Waals surface area contributed by atoms with Crippen LogP contribution in [-0.4, -0.2) is 10.2 Å². The first kappa shape index (κ1) is 12.1. The fourth-order valence-corrected chi connectivity index (χ4v) is 2.60. The van der Waals surface area contributed by atoms with Gasteiger partial charge in [0, 0.05) is 24.1 Å². The lowest BCUT2D eigenvalue weighted by Crippen LogP contribution is -2.01. The summed E-state index contributed by atoms with van der Waals surface area (Å²) in [6.45, 7) is 2.63. The number of aryl methyl sites for hydroxylation is 1. The van der Waals surface area contributed by atoms with Crippen molar-refractivity contribution >= 4 is 11.8 Å². The second kappa shape index (κ2) is 5.80. The Labute approximate surface area is 105 Å². The van der Waals surface area contributed by atoms with E-state index in [1.54, 1.807) is 18.0 Å². The van der Waals surface area contributed by atoms with Gasteiger partial charge in [0.25, 0.3) is 0 Å². The fourth-order valence-electron chi connectivity index (χ4n) is 1.54. The van der Waals surface area contributed by atoms with Crippen LogP contribution in [0.5, 0.6) is 0 Å². The number of thioether (sulfide) groups is 1. The third-order valence-electron chi connectivity index (χ3n) is 2.61. The maximum atomic E-state index is 5.67. The number of benzene rings is 1. The van der Waals surface area contributed by atoms with Gasteiger partial charge in [0.2, 0.25) is 0 Å². The molecule has 1 heterocycles. The largest absolute Gasteiger partial charge is 0.326 e. The zero-order valence-electron chi connectivity index (χ0n) is 9.76. The Morgan fingerprint density at radius 3 is 2.76 bits per heavy atom. The van der Waals surface area contributed by atoms with E-state index in [-0.39, 0.29) is 0 Å². The summed E-state index contributed by atoms with van der Waals surface area (Å²) in [5.74, 6) is 0.901. The molecule has 0 bridgehead atoms. The molecule has 0 saturated heterocycles. The third-order valence-corrected chi connectivity index (χ3v) is 3.68. The van der Waals surface area contributed by atoms with Crippen LogP contribution in [0.25, 0.3) is 0 Å². The monoisotopic (exact) mass is 245 g/mol. The van der Waals surface area contributed by atoms with Crippen molar-refractivity contribution in [3.8, 4) is 0 Å². The van der Waals surface area contributed by atoms with Crippen molar-refractivity contribution in [2.45, 2.75) is 24.2 Å². The van der Waals surface area contributed by atoms with Crippen LogP contribution >= 0.6 is 11.8 Å². The smallest absolute Gasteiger partial charge is 0.124 e.